The maximum Gasteiger partial charge on any atom is 0.309 e. The topological polar surface area (TPSA) is 97.5 Å². The fraction of sp³-hybridized carbons (Fsp3) is 0.676. The number of aliphatic carboxylic acids is 1. The molecule has 0 saturated heterocycles. The van der Waals surface area contributed by atoms with Gasteiger partial charge in [-0.05, 0) is 128 Å². The molecule has 0 radical (unpaired) electrons. The number of Topliss-reactive ketones (excluding diaryl/α,β-unsaturated/α-hetero) is 1. The van der Waals surface area contributed by atoms with Crippen molar-refractivity contribution < 1.29 is 19.6 Å². The van der Waals surface area contributed by atoms with E-state index in [-0.39, 0.29) is 50.4 Å². The van der Waals surface area contributed by atoms with E-state index in [2.05, 4.69) is 48.1 Å². The predicted molar refractivity (Wildman–Crippen MR) is 168 cm³/mol. The van der Waals surface area contributed by atoms with Crippen LogP contribution in [0.2, 0.25) is 0 Å². The van der Waals surface area contributed by atoms with Crippen LogP contribution in [0.15, 0.2) is 42.0 Å². The summed E-state index contributed by atoms with van der Waals surface area (Å²) < 4.78 is 0. The van der Waals surface area contributed by atoms with Crippen molar-refractivity contribution in [2.24, 2.45) is 56.7 Å². The number of nitro groups is 1. The molecule has 6 nitrogen and oxygen atoms in total. The second-order valence-electron chi connectivity index (χ2n) is 16.4. The molecule has 5 saturated carbocycles. The zero-order chi connectivity index (χ0) is 31.3. The van der Waals surface area contributed by atoms with E-state index < -0.39 is 16.8 Å². The predicted octanol–water partition coefficient (Wildman–Crippen LogP) is 8.90. The lowest BCUT2D eigenvalue weighted by Gasteiger charge is -2.72. The SMILES string of the molecule is C=C(C)[C@@H]1CC[C@]2(C(=O)O)CC[C@]3(C)[C@H](CC[C@@H]4[C@@]5(C)C/C(=C/c6cccc([N+](=O)[O-])c6)C(=O)C(C)(C)[C@H]5CC[C@]43C)[C@@H]12. The first-order valence-corrected chi connectivity index (χ1v) is 16.4. The molecule has 0 spiro atoms. The Kier molecular flexibility index (Phi) is 6.77. The number of benzene rings is 1. The van der Waals surface area contributed by atoms with E-state index >= 15 is 0 Å². The van der Waals surface area contributed by atoms with Crippen molar-refractivity contribution in [1.82, 2.24) is 0 Å². The summed E-state index contributed by atoms with van der Waals surface area (Å²) in [5.41, 5.74) is 1.45. The van der Waals surface area contributed by atoms with E-state index in [4.69, 9.17) is 0 Å². The number of nitro benzene ring substituents is 1. The Balaban J connectivity index is 1.41. The van der Waals surface area contributed by atoms with Crippen LogP contribution in [0.4, 0.5) is 5.69 Å². The largest absolute Gasteiger partial charge is 0.481 e. The van der Waals surface area contributed by atoms with E-state index in [1.165, 1.54) is 6.07 Å². The molecule has 5 aliphatic carbocycles. The maximum absolute atomic E-state index is 14.1. The maximum atomic E-state index is 14.1. The highest BCUT2D eigenvalue weighted by atomic mass is 16.6. The van der Waals surface area contributed by atoms with Crippen LogP contribution in [0, 0.1) is 66.8 Å². The first-order valence-electron chi connectivity index (χ1n) is 16.4. The Bertz CT molecular complexity index is 1440. The van der Waals surface area contributed by atoms with Crippen molar-refractivity contribution in [2.75, 3.05) is 0 Å². The van der Waals surface area contributed by atoms with Gasteiger partial charge in [-0.2, -0.15) is 0 Å². The third kappa shape index (κ3) is 3.96. The second kappa shape index (κ2) is 9.62. The number of carboxylic acids is 1. The van der Waals surface area contributed by atoms with Gasteiger partial charge in [0.25, 0.3) is 5.69 Å². The van der Waals surface area contributed by atoms with E-state index in [0.717, 1.165) is 62.5 Å². The Morgan fingerprint density at radius 3 is 2.37 bits per heavy atom. The number of carbonyl (C=O) groups is 2. The third-order valence-electron chi connectivity index (χ3n) is 14.5. The van der Waals surface area contributed by atoms with Crippen LogP contribution in [0.3, 0.4) is 0 Å². The monoisotopic (exact) mass is 587 g/mol. The molecule has 1 N–H and O–H groups in total. The Hall–Kier alpha value is -2.76. The van der Waals surface area contributed by atoms with E-state index in [0.29, 0.717) is 23.8 Å². The van der Waals surface area contributed by atoms with Gasteiger partial charge in [0.15, 0.2) is 5.78 Å². The summed E-state index contributed by atoms with van der Waals surface area (Å²) in [4.78, 5) is 38.1. The van der Waals surface area contributed by atoms with Gasteiger partial charge in [0.2, 0.25) is 0 Å². The lowest BCUT2D eigenvalue weighted by molar-refractivity contribution is -0.384. The van der Waals surface area contributed by atoms with Crippen LogP contribution >= 0.6 is 0 Å². The Morgan fingerprint density at radius 2 is 1.72 bits per heavy atom. The molecule has 0 unspecified atom stereocenters. The number of carboxylic acid groups (broad SMARTS) is 1. The average molecular weight is 588 g/mol. The Morgan fingerprint density at radius 1 is 1.00 bits per heavy atom. The number of rotatable bonds is 4. The summed E-state index contributed by atoms with van der Waals surface area (Å²) in [7, 11) is 0. The fourth-order valence-corrected chi connectivity index (χ4v) is 12.4. The molecule has 43 heavy (non-hydrogen) atoms. The number of nitrogens with zero attached hydrogens (tertiary/aromatic N) is 1. The molecule has 1 aromatic carbocycles. The number of non-ortho nitro benzene ring substituents is 1. The summed E-state index contributed by atoms with van der Waals surface area (Å²) in [6.45, 7) is 18.1. The van der Waals surface area contributed by atoms with Crippen LogP contribution in [0.25, 0.3) is 6.08 Å². The second-order valence-corrected chi connectivity index (χ2v) is 16.4. The number of allylic oxidation sites excluding steroid dienone is 2. The van der Waals surface area contributed by atoms with Crippen molar-refractivity contribution in [3.05, 3.63) is 57.7 Å². The molecule has 6 heteroatoms. The van der Waals surface area contributed by atoms with Crippen molar-refractivity contribution in [3.8, 4) is 0 Å². The summed E-state index contributed by atoms with van der Waals surface area (Å²) in [5.74, 6) is 0.980. The van der Waals surface area contributed by atoms with Gasteiger partial charge in [0.05, 0.1) is 10.3 Å². The minimum Gasteiger partial charge on any atom is -0.481 e. The number of carbonyl (C=O) groups excluding carboxylic acids is 1. The van der Waals surface area contributed by atoms with Crippen LogP contribution < -0.4 is 0 Å². The van der Waals surface area contributed by atoms with Gasteiger partial charge in [0.1, 0.15) is 0 Å². The van der Waals surface area contributed by atoms with E-state index in [1.54, 1.807) is 12.1 Å². The highest BCUT2D eigenvalue weighted by Gasteiger charge is 2.72. The molecule has 6 rings (SSSR count). The lowest BCUT2D eigenvalue weighted by atomic mass is 9.32. The van der Waals surface area contributed by atoms with Gasteiger partial charge in [-0.25, -0.2) is 0 Å². The normalized spacial score (nSPS) is 44.1. The summed E-state index contributed by atoms with van der Waals surface area (Å²) >= 11 is 0. The number of ketones is 1. The molecule has 0 heterocycles. The van der Waals surface area contributed by atoms with Gasteiger partial charge < -0.3 is 5.11 Å². The molecule has 1 aromatic rings. The molecule has 0 amide bonds. The standard InChI is InChI=1S/C37H49NO5/c1-22(2)26-13-16-37(32(40)41)18-17-35(6)27(30(26)37)11-12-29-34(5)21-24(19-23-9-8-10-25(20-23)38(42)43)31(39)33(3,4)28(34)14-15-36(29,35)7/h8-10,19-20,26-30H,1,11-18,21H2,2-7H3,(H,40,41)/b24-19-/t26-,27+,28+,29+,30+,34-,35+,36+,37-/m0/s1. The van der Waals surface area contributed by atoms with Crippen molar-refractivity contribution in [3.63, 3.8) is 0 Å². The smallest absolute Gasteiger partial charge is 0.309 e. The molecule has 0 bridgehead atoms. The number of hydrogen-bond donors (Lipinski definition) is 1. The van der Waals surface area contributed by atoms with Gasteiger partial charge in [-0.3, -0.25) is 19.7 Å². The molecular formula is C37H49NO5. The molecule has 0 aliphatic heterocycles. The van der Waals surface area contributed by atoms with E-state index in [9.17, 15) is 24.8 Å². The first-order chi connectivity index (χ1) is 20.0. The summed E-state index contributed by atoms with van der Waals surface area (Å²) in [6.07, 6.45) is 10.1. The van der Waals surface area contributed by atoms with Crippen LogP contribution in [0.1, 0.15) is 105 Å². The van der Waals surface area contributed by atoms with Crippen LogP contribution in [-0.4, -0.2) is 21.8 Å². The Labute approximate surface area is 256 Å². The molecule has 5 aliphatic rings. The summed E-state index contributed by atoms with van der Waals surface area (Å²) in [6, 6.07) is 6.59. The lowest BCUT2D eigenvalue weighted by Crippen LogP contribution is -2.67. The number of hydrogen-bond acceptors (Lipinski definition) is 4. The van der Waals surface area contributed by atoms with Crippen LogP contribution in [-0.2, 0) is 9.59 Å². The van der Waals surface area contributed by atoms with E-state index in [1.807, 2.05) is 12.1 Å². The van der Waals surface area contributed by atoms with Gasteiger partial charge in [-0.1, -0.05) is 58.9 Å². The highest BCUT2D eigenvalue weighted by Crippen LogP contribution is 2.77. The highest BCUT2D eigenvalue weighted by molar-refractivity contribution is 6.04. The molecule has 232 valence electrons. The number of fused-ring (bicyclic) bond motifs is 7. The molecule has 5 fully saturated rings. The first kappa shape index (κ1) is 30.3. The zero-order valence-electron chi connectivity index (χ0n) is 26.9. The quantitative estimate of drug-likeness (QED) is 0.164. The summed E-state index contributed by atoms with van der Waals surface area (Å²) in [5, 5.41) is 22.1. The molecule has 0 aromatic heterocycles. The van der Waals surface area contributed by atoms with Crippen LogP contribution in [0.5, 0.6) is 0 Å². The third-order valence-corrected chi connectivity index (χ3v) is 14.5. The molecule has 9 atom stereocenters. The van der Waals surface area contributed by atoms with Crippen molar-refractivity contribution in [1.29, 1.82) is 0 Å². The fourth-order valence-electron chi connectivity index (χ4n) is 12.4. The van der Waals surface area contributed by atoms with Crippen molar-refractivity contribution in [2.45, 2.75) is 99.3 Å². The van der Waals surface area contributed by atoms with Crippen molar-refractivity contribution >= 4 is 23.5 Å². The van der Waals surface area contributed by atoms with Gasteiger partial charge in [-0.15, -0.1) is 0 Å². The van der Waals surface area contributed by atoms with Gasteiger partial charge >= 0.3 is 5.97 Å². The van der Waals surface area contributed by atoms with Gasteiger partial charge in [0, 0.05) is 17.5 Å². The average Bonchev–Trinajstić information content (AvgIpc) is 3.34. The minimum absolute atomic E-state index is 0.0150. The zero-order valence-corrected chi connectivity index (χ0v) is 26.9. The molecular weight excluding hydrogens is 538 g/mol. The minimum atomic E-state index is -0.633.